The Morgan fingerprint density at radius 3 is 1.43 bits per heavy atom. The van der Waals surface area contributed by atoms with Gasteiger partial charge in [0.05, 0.1) is 0 Å². The van der Waals surface area contributed by atoms with Crippen LogP contribution in [0.3, 0.4) is 0 Å². The van der Waals surface area contributed by atoms with E-state index in [4.69, 9.17) is 0 Å². The monoisotopic (exact) mass is 786 g/mol. The second kappa shape index (κ2) is 13.2. The van der Waals surface area contributed by atoms with Crippen LogP contribution in [0.1, 0.15) is 96.1 Å². The molecule has 0 spiro atoms. The molecule has 0 atom stereocenters. The van der Waals surface area contributed by atoms with Gasteiger partial charge in [0.2, 0.25) is 0 Å². The predicted molar refractivity (Wildman–Crippen MR) is 179 cm³/mol. The molecule has 0 saturated heterocycles. The summed E-state index contributed by atoms with van der Waals surface area (Å²) >= 11 is -2.91. The van der Waals surface area contributed by atoms with Gasteiger partial charge in [-0.3, -0.25) is 0 Å². The van der Waals surface area contributed by atoms with Crippen LogP contribution < -0.4 is 24.8 Å². The van der Waals surface area contributed by atoms with Gasteiger partial charge in [0.25, 0.3) is 0 Å². The van der Waals surface area contributed by atoms with Crippen LogP contribution in [-0.2, 0) is 31.8 Å². The molecule has 4 aromatic rings. The number of benzene rings is 4. The second-order valence-electron chi connectivity index (χ2n) is 14.3. The van der Waals surface area contributed by atoms with Crippen LogP contribution in [0.25, 0.3) is 11.1 Å². The maximum Gasteiger partial charge on any atom is -1.00 e. The molecule has 6 rings (SSSR count). The van der Waals surface area contributed by atoms with E-state index in [0.29, 0.717) is 3.67 Å². The molecule has 0 radical (unpaired) electrons. The number of aryl methyl sites for hydroxylation is 2. The van der Waals surface area contributed by atoms with Crippen molar-refractivity contribution in [2.24, 2.45) is 0 Å². The van der Waals surface area contributed by atoms with E-state index < -0.39 is 21.0 Å². The van der Waals surface area contributed by atoms with E-state index >= 15 is 0 Å². The van der Waals surface area contributed by atoms with Crippen molar-refractivity contribution >= 4 is 3.26 Å². The van der Waals surface area contributed by atoms with Crippen molar-refractivity contribution < 1.29 is 45.8 Å². The average molecular weight is 786 g/mol. The summed E-state index contributed by atoms with van der Waals surface area (Å²) in [6.07, 6.45) is 8.27. The van der Waals surface area contributed by atoms with Gasteiger partial charge in [0.15, 0.2) is 0 Å². The van der Waals surface area contributed by atoms with Crippen LogP contribution in [0.4, 0.5) is 0 Å². The summed E-state index contributed by atoms with van der Waals surface area (Å²) in [5, 5.41) is 0. The van der Waals surface area contributed by atoms with Crippen molar-refractivity contribution in [1.82, 2.24) is 0 Å². The first-order chi connectivity index (χ1) is 19.9. The van der Waals surface area contributed by atoms with Crippen LogP contribution in [0.2, 0.25) is 0 Å². The minimum absolute atomic E-state index is 0. The van der Waals surface area contributed by atoms with Gasteiger partial charge in [-0.05, 0) is 0 Å². The molecule has 0 N–H and O–H groups in total. The fourth-order valence-electron chi connectivity index (χ4n) is 7.32. The molecule has 2 aliphatic rings. The zero-order chi connectivity index (χ0) is 29.8. The van der Waals surface area contributed by atoms with E-state index in [1.807, 2.05) is 0 Å². The molecule has 0 nitrogen and oxygen atoms in total. The van der Waals surface area contributed by atoms with E-state index in [1.54, 1.807) is 17.7 Å². The van der Waals surface area contributed by atoms with Crippen molar-refractivity contribution in [3.05, 3.63) is 151 Å². The Kier molecular flexibility index (Phi) is 10.4. The van der Waals surface area contributed by atoms with Gasteiger partial charge in [-0.15, -0.1) is 0 Å². The number of hydrogen-bond acceptors (Lipinski definition) is 0. The maximum absolute atomic E-state index is 2.91. The van der Waals surface area contributed by atoms with Crippen LogP contribution in [0.15, 0.2) is 106 Å². The fourth-order valence-corrected chi connectivity index (χ4v) is 20.4. The fraction of sp³-hybridized carbons (Fsp3) is 0.293. The normalized spacial score (nSPS) is 13.7. The van der Waals surface area contributed by atoms with Crippen molar-refractivity contribution in [2.75, 3.05) is 0 Å². The number of fused-ring (bicyclic) bond motifs is 3. The van der Waals surface area contributed by atoms with E-state index in [1.165, 1.54) is 44.5 Å². The van der Waals surface area contributed by atoms with Gasteiger partial charge >= 0.3 is 263 Å². The number of rotatable bonds is 4. The molecule has 0 aromatic heterocycles. The molecule has 0 unspecified atom stereocenters. The maximum atomic E-state index is 2.59. The van der Waals surface area contributed by atoms with Gasteiger partial charge in [0, 0.05) is 0 Å². The molecule has 3 heteroatoms. The summed E-state index contributed by atoms with van der Waals surface area (Å²) in [5.74, 6) is 0. The van der Waals surface area contributed by atoms with Gasteiger partial charge < -0.3 is 24.8 Å². The Morgan fingerprint density at radius 2 is 1.07 bits per heavy atom. The molecule has 0 bridgehead atoms. The minimum atomic E-state index is -2.91. The van der Waals surface area contributed by atoms with Crippen LogP contribution in [-0.4, -0.2) is 3.26 Å². The third-order valence-corrected chi connectivity index (χ3v) is 21.3. The average Bonchev–Trinajstić information content (AvgIpc) is 3.57. The third kappa shape index (κ3) is 6.35. The molecule has 0 heterocycles. The first-order valence-corrected chi connectivity index (χ1v) is 21.1. The zero-order valence-corrected chi connectivity index (χ0v) is 32.5. The van der Waals surface area contributed by atoms with Crippen LogP contribution in [0, 0.1) is 13.8 Å². The number of allylic oxidation sites excluding steroid dienone is 4. The van der Waals surface area contributed by atoms with E-state index in [-0.39, 0.29) is 35.6 Å². The van der Waals surface area contributed by atoms with Crippen LogP contribution in [0.5, 0.6) is 0 Å². The van der Waals surface area contributed by atoms with Gasteiger partial charge in [-0.1, -0.05) is 0 Å². The molecule has 2 aliphatic carbocycles. The molecule has 0 saturated carbocycles. The van der Waals surface area contributed by atoms with Crippen molar-refractivity contribution in [2.45, 2.75) is 76.3 Å². The summed E-state index contributed by atoms with van der Waals surface area (Å²) in [7, 11) is 0. The summed E-state index contributed by atoms with van der Waals surface area (Å²) in [6.45, 7) is 18.8. The van der Waals surface area contributed by atoms with Gasteiger partial charge in [0.1, 0.15) is 0 Å². The third-order valence-electron chi connectivity index (χ3n) is 9.12. The first-order valence-electron chi connectivity index (χ1n) is 15.5. The van der Waals surface area contributed by atoms with E-state index in [2.05, 4.69) is 159 Å². The molecule has 44 heavy (non-hydrogen) atoms. The Bertz CT molecular complexity index is 1650. The second-order valence-corrected chi connectivity index (χ2v) is 23.4. The Hall–Kier alpha value is -2.32. The molecule has 0 aliphatic heterocycles. The largest absolute Gasteiger partial charge is 1.00 e. The van der Waals surface area contributed by atoms with Gasteiger partial charge in [-0.2, -0.15) is 0 Å². The topological polar surface area (TPSA) is 0 Å². The Balaban J connectivity index is 0.00000221. The van der Waals surface area contributed by atoms with Gasteiger partial charge in [-0.25, -0.2) is 0 Å². The van der Waals surface area contributed by atoms with E-state index in [0.717, 1.165) is 6.42 Å². The Labute approximate surface area is 285 Å². The first kappa shape index (κ1) is 34.6. The van der Waals surface area contributed by atoms with E-state index in [9.17, 15) is 0 Å². The number of hydrogen-bond donors (Lipinski definition) is 0. The number of halogens is 2. The van der Waals surface area contributed by atoms with Crippen molar-refractivity contribution in [1.29, 1.82) is 0 Å². The molecular formula is C41H44Cl2Hf. The SMILES string of the molecule is Cc1cc2c(cc1C(C)(C)C)-c1cc(C(C)(C)C)c(C)cc1[CH]2[Hf+2]([C]1=CC=CC1)=[C](c1ccccc1)c1ccccc1.[Cl-].[Cl-]. The van der Waals surface area contributed by atoms with Crippen molar-refractivity contribution in [3.8, 4) is 11.1 Å². The quantitative estimate of drug-likeness (QED) is 0.264. The molecule has 0 fully saturated rings. The van der Waals surface area contributed by atoms with Crippen LogP contribution >= 0.6 is 0 Å². The predicted octanol–water partition coefficient (Wildman–Crippen LogP) is 4.71. The molecule has 0 amide bonds. The summed E-state index contributed by atoms with van der Waals surface area (Å²) in [6, 6.07) is 32.9. The minimum Gasteiger partial charge on any atom is -1.00 e. The van der Waals surface area contributed by atoms with Crippen molar-refractivity contribution in [3.63, 3.8) is 0 Å². The zero-order valence-electron chi connectivity index (χ0n) is 27.4. The summed E-state index contributed by atoms with van der Waals surface area (Å²) in [4.78, 5) is 0. The molecule has 226 valence electrons. The standard InChI is InChI=1S/C23H29.C13H10.C5H5.2ClH.Hf/c1-14-9-16-11-17-10-15(2)21(23(6,7)8)13-19(17)18(16)12-20(14)22(3,4)5;1-3-7-12(8-4-1)11-13-9-5-2-6-10-13;1-2-4-5-3-1;;;/h9-13H,1-8H3;1-10H;1-3H,4H2;2*1H;/q;;;;;+2/p-2. The Morgan fingerprint density at radius 1 is 0.636 bits per heavy atom. The smallest absolute Gasteiger partial charge is 1.00 e. The summed E-state index contributed by atoms with van der Waals surface area (Å²) in [5.41, 5.74) is 14.9. The molecule has 4 aromatic carbocycles. The molecular weight excluding hydrogens is 742 g/mol. The summed E-state index contributed by atoms with van der Waals surface area (Å²) < 4.78 is 3.79.